The maximum absolute atomic E-state index is 12.9. The monoisotopic (exact) mass is 372 g/mol. The van der Waals surface area contributed by atoms with Crippen LogP contribution in [0.25, 0.3) is 0 Å². The molecule has 6 nitrogen and oxygen atoms in total. The second kappa shape index (κ2) is 8.55. The molecule has 0 radical (unpaired) electrons. The lowest BCUT2D eigenvalue weighted by atomic mass is 10.0. The summed E-state index contributed by atoms with van der Waals surface area (Å²) < 4.78 is 5.04. The van der Waals surface area contributed by atoms with Crippen LogP contribution in [-0.2, 0) is 14.3 Å². The zero-order valence-electron chi connectivity index (χ0n) is 15.9. The number of amides is 2. The number of esters is 1. The largest absolute Gasteiger partial charge is 0.462 e. The third-order valence-electron chi connectivity index (χ3n) is 5.48. The zero-order chi connectivity index (χ0) is 19.3. The SMILES string of the molecule is CCOC(=O)c1ccccc1NC(=O)C1(C(=O)NC2CCCCCC2)CC1. The molecule has 2 saturated carbocycles. The van der Waals surface area contributed by atoms with E-state index in [9.17, 15) is 14.4 Å². The fourth-order valence-electron chi connectivity index (χ4n) is 3.65. The third kappa shape index (κ3) is 4.49. The van der Waals surface area contributed by atoms with Crippen molar-refractivity contribution in [3.63, 3.8) is 0 Å². The highest BCUT2D eigenvalue weighted by molar-refractivity contribution is 6.14. The molecule has 27 heavy (non-hydrogen) atoms. The molecule has 0 heterocycles. The predicted molar refractivity (Wildman–Crippen MR) is 102 cm³/mol. The molecule has 2 amide bonds. The average Bonchev–Trinajstić information content (AvgIpc) is 3.48. The summed E-state index contributed by atoms with van der Waals surface area (Å²) in [6, 6.07) is 6.89. The summed E-state index contributed by atoms with van der Waals surface area (Å²) in [5.41, 5.74) is -0.323. The molecule has 146 valence electrons. The lowest BCUT2D eigenvalue weighted by Crippen LogP contribution is -2.44. The number of carbonyl (C=O) groups excluding carboxylic acids is 3. The Bertz CT molecular complexity index is 704. The Balaban J connectivity index is 1.67. The lowest BCUT2D eigenvalue weighted by molar-refractivity contribution is -0.134. The molecule has 2 N–H and O–H groups in total. The van der Waals surface area contributed by atoms with Crippen molar-refractivity contribution in [2.75, 3.05) is 11.9 Å². The van der Waals surface area contributed by atoms with Gasteiger partial charge in [0, 0.05) is 6.04 Å². The van der Waals surface area contributed by atoms with Gasteiger partial charge in [0.2, 0.25) is 11.8 Å². The number of anilines is 1. The van der Waals surface area contributed by atoms with Crippen LogP contribution in [0.1, 0.15) is 68.6 Å². The summed E-state index contributed by atoms with van der Waals surface area (Å²) in [6.45, 7) is 1.99. The molecular formula is C21H28N2O4. The second-order valence-electron chi connectivity index (χ2n) is 7.46. The normalized spacial score (nSPS) is 18.9. The van der Waals surface area contributed by atoms with Crippen LogP contribution in [0.5, 0.6) is 0 Å². The Hall–Kier alpha value is -2.37. The van der Waals surface area contributed by atoms with E-state index in [1.54, 1.807) is 31.2 Å². The molecule has 2 aliphatic carbocycles. The average molecular weight is 372 g/mol. The van der Waals surface area contributed by atoms with Crippen molar-refractivity contribution in [1.29, 1.82) is 0 Å². The van der Waals surface area contributed by atoms with Gasteiger partial charge in [-0.25, -0.2) is 4.79 Å². The van der Waals surface area contributed by atoms with Gasteiger partial charge in [-0.2, -0.15) is 0 Å². The third-order valence-corrected chi connectivity index (χ3v) is 5.48. The van der Waals surface area contributed by atoms with Crippen molar-refractivity contribution >= 4 is 23.5 Å². The first kappa shape index (κ1) is 19.4. The van der Waals surface area contributed by atoms with E-state index < -0.39 is 11.4 Å². The van der Waals surface area contributed by atoms with Crippen LogP contribution in [0.2, 0.25) is 0 Å². The first-order valence-corrected chi connectivity index (χ1v) is 9.95. The first-order valence-electron chi connectivity index (χ1n) is 9.95. The van der Waals surface area contributed by atoms with E-state index in [2.05, 4.69) is 10.6 Å². The number of rotatable bonds is 6. The number of carbonyl (C=O) groups is 3. The Kier molecular flexibility index (Phi) is 6.14. The van der Waals surface area contributed by atoms with E-state index in [0.717, 1.165) is 25.7 Å². The minimum Gasteiger partial charge on any atom is -0.462 e. The molecular weight excluding hydrogens is 344 g/mol. The molecule has 0 unspecified atom stereocenters. The molecule has 0 saturated heterocycles. The van der Waals surface area contributed by atoms with Crippen LogP contribution in [0.3, 0.4) is 0 Å². The van der Waals surface area contributed by atoms with E-state index >= 15 is 0 Å². The molecule has 0 aliphatic heterocycles. The van der Waals surface area contributed by atoms with Crippen LogP contribution in [0, 0.1) is 5.41 Å². The van der Waals surface area contributed by atoms with Gasteiger partial charge in [-0.3, -0.25) is 9.59 Å². The first-order chi connectivity index (χ1) is 13.1. The van der Waals surface area contributed by atoms with Crippen LogP contribution < -0.4 is 10.6 Å². The van der Waals surface area contributed by atoms with Crippen molar-refractivity contribution in [3.05, 3.63) is 29.8 Å². The molecule has 1 aromatic carbocycles. The quantitative estimate of drug-likeness (QED) is 0.455. The zero-order valence-corrected chi connectivity index (χ0v) is 15.9. The maximum atomic E-state index is 12.9. The van der Waals surface area contributed by atoms with Crippen molar-refractivity contribution in [3.8, 4) is 0 Å². The summed E-state index contributed by atoms with van der Waals surface area (Å²) in [4.78, 5) is 37.7. The van der Waals surface area contributed by atoms with Crippen LogP contribution in [0.15, 0.2) is 24.3 Å². The molecule has 2 fully saturated rings. The second-order valence-corrected chi connectivity index (χ2v) is 7.46. The smallest absolute Gasteiger partial charge is 0.340 e. The van der Waals surface area contributed by atoms with Gasteiger partial charge in [0.1, 0.15) is 5.41 Å². The van der Waals surface area contributed by atoms with Gasteiger partial charge in [0.15, 0.2) is 0 Å². The summed E-state index contributed by atoms with van der Waals surface area (Å²) >= 11 is 0. The molecule has 0 aromatic heterocycles. The summed E-state index contributed by atoms with van der Waals surface area (Å²) in [6.07, 6.45) is 7.71. The minimum atomic E-state index is -1.01. The number of para-hydroxylation sites is 1. The maximum Gasteiger partial charge on any atom is 0.340 e. The van der Waals surface area contributed by atoms with E-state index in [1.807, 2.05) is 0 Å². The highest BCUT2D eigenvalue weighted by Gasteiger charge is 2.56. The standard InChI is InChI=1S/C21H28N2O4/c1-2-27-18(24)16-11-7-8-12-17(16)23-20(26)21(13-14-21)19(25)22-15-9-5-3-4-6-10-15/h7-8,11-12,15H,2-6,9-10,13-14H2,1H3,(H,22,25)(H,23,26). The molecule has 0 bridgehead atoms. The Morgan fingerprint density at radius 1 is 1.04 bits per heavy atom. The predicted octanol–water partition coefficient (Wildman–Crippen LogP) is 3.42. The van der Waals surface area contributed by atoms with Gasteiger partial charge in [-0.1, -0.05) is 37.8 Å². The highest BCUT2D eigenvalue weighted by atomic mass is 16.5. The summed E-state index contributed by atoms with van der Waals surface area (Å²) in [7, 11) is 0. The number of hydrogen-bond acceptors (Lipinski definition) is 4. The van der Waals surface area contributed by atoms with E-state index in [1.165, 1.54) is 12.8 Å². The van der Waals surface area contributed by atoms with Crippen LogP contribution in [0.4, 0.5) is 5.69 Å². The highest BCUT2D eigenvalue weighted by Crippen LogP contribution is 2.47. The van der Waals surface area contributed by atoms with E-state index in [0.29, 0.717) is 24.1 Å². The van der Waals surface area contributed by atoms with Crippen molar-refractivity contribution in [2.24, 2.45) is 5.41 Å². The van der Waals surface area contributed by atoms with E-state index in [-0.39, 0.29) is 24.5 Å². The van der Waals surface area contributed by atoms with Crippen molar-refractivity contribution in [2.45, 2.75) is 64.3 Å². The fourth-order valence-corrected chi connectivity index (χ4v) is 3.65. The molecule has 1 aromatic rings. The Morgan fingerprint density at radius 2 is 1.70 bits per heavy atom. The van der Waals surface area contributed by atoms with Gasteiger partial charge < -0.3 is 15.4 Å². The van der Waals surface area contributed by atoms with E-state index in [4.69, 9.17) is 4.74 Å². The summed E-state index contributed by atoms with van der Waals surface area (Å²) in [5, 5.41) is 5.88. The van der Waals surface area contributed by atoms with Gasteiger partial charge >= 0.3 is 5.97 Å². The topological polar surface area (TPSA) is 84.5 Å². The van der Waals surface area contributed by atoms with Gasteiger partial charge in [-0.05, 0) is 44.7 Å². The van der Waals surface area contributed by atoms with Crippen LogP contribution >= 0.6 is 0 Å². The summed E-state index contributed by atoms with van der Waals surface area (Å²) in [5.74, 6) is -1.01. The lowest BCUT2D eigenvalue weighted by Gasteiger charge is -2.21. The number of hydrogen-bond donors (Lipinski definition) is 2. The van der Waals surface area contributed by atoms with Crippen molar-refractivity contribution < 1.29 is 19.1 Å². The molecule has 0 spiro atoms. The van der Waals surface area contributed by atoms with Crippen molar-refractivity contribution in [1.82, 2.24) is 5.32 Å². The Morgan fingerprint density at radius 3 is 2.33 bits per heavy atom. The molecule has 3 rings (SSSR count). The van der Waals surface area contributed by atoms with Gasteiger partial charge in [0.25, 0.3) is 0 Å². The fraction of sp³-hybridized carbons (Fsp3) is 0.571. The minimum absolute atomic E-state index is 0.164. The molecule has 2 aliphatic rings. The van der Waals surface area contributed by atoms with Gasteiger partial charge in [-0.15, -0.1) is 0 Å². The molecule has 6 heteroatoms. The van der Waals surface area contributed by atoms with Crippen LogP contribution in [-0.4, -0.2) is 30.4 Å². The molecule has 0 atom stereocenters. The Labute approximate surface area is 160 Å². The number of benzene rings is 1. The van der Waals surface area contributed by atoms with Gasteiger partial charge in [0.05, 0.1) is 17.9 Å². The number of ether oxygens (including phenoxy) is 1. The number of nitrogens with one attached hydrogen (secondary N) is 2.